The average Bonchev–Trinajstić information content (AvgIpc) is 2.29. The first-order valence-electron chi connectivity index (χ1n) is 5.04. The molecular formula is C8H22O4S2Si2. The lowest BCUT2D eigenvalue weighted by Crippen LogP contribution is -2.33. The molecular weight excluding hydrogens is 280 g/mol. The Labute approximate surface area is 110 Å². The highest BCUT2D eigenvalue weighted by Crippen LogP contribution is 2.33. The predicted octanol–water partition coefficient (Wildman–Crippen LogP) is 1.25. The molecule has 0 fully saturated rings. The number of hydrogen-bond acceptors (Lipinski definition) is 6. The molecule has 0 spiro atoms. The fraction of sp³-hybridized carbons (Fsp3) is 1.00. The Morgan fingerprint density at radius 3 is 1.12 bits per heavy atom. The minimum Gasteiger partial charge on any atom is -0.399 e. The first-order valence-corrected chi connectivity index (χ1v) is 10.5. The summed E-state index contributed by atoms with van der Waals surface area (Å²) >= 11 is 0. The van der Waals surface area contributed by atoms with E-state index in [-0.39, 0.29) is 0 Å². The summed E-state index contributed by atoms with van der Waals surface area (Å²) in [7, 11) is 7.43. The first kappa shape index (κ1) is 17.0. The van der Waals surface area contributed by atoms with E-state index in [0.29, 0.717) is 9.75 Å². The van der Waals surface area contributed by atoms with Crippen LogP contribution in [-0.2, 0) is 17.7 Å². The maximum atomic E-state index is 5.34. The van der Waals surface area contributed by atoms with E-state index in [2.05, 4.69) is 13.8 Å². The van der Waals surface area contributed by atoms with Crippen LogP contribution in [0.3, 0.4) is 0 Å². The molecule has 0 aromatic rings. The molecule has 0 amide bonds. The summed E-state index contributed by atoms with van der Waals surface area (Å²) in [5, 5.41) is 0. The molecule has 0 aromatic heterocycles. The van der Waals surface area contributed by atoms with Crippen LogP contribution in [-0.4, -0.2) is 56.8 Å². The fourth-order valence-corrected chi connectivity index (χ4v) is 9.39. The summed E-state index contributed by atoms with van der Waals surface area (Å²) in [6.45, 7) is 4.29. The Morgan fingerprint density at radius 1 is 0.688 bits per heavy atom. The summed E-state index contributed by atoms with van der Waals surface area (Å²) in [6, 6.07) is 0. The summed E-state index contributed by atoms with van der Waals surface area (Å²) in [5.74, 6) is 0. The lowest BCUT2D eigenvalue weighted by Gasteiger charge is -2.21. The largest absolute Gasteiger partial charge is 0.399 e. The molecule has 0 saturated heterocycles. The minimum atomic E-state index is -1.52. The van der Waals surface area contributed by atoms with Gasteiger partial charge in [-0.2, -0.15) is 0 Å². The van der Waals surface area contributed by atoms with Gasteiger partial charge in [0.2, 0.25) is 0 Å². The summed E-state index contributed by atoms with van der Waals surface area (Å²) in [5.41, 5.74) is 0. The SMILES string of the molecule is CO[SiH](OC)C(C)SSC(C)[SiH](OC)OC. The molecule has 0 aliphatic carbocycles. The highest BCUT2D eigenvalue weighted by molar-refractivity contribution is 8.77. The minimum absolute atomic E-state index is 0.408. The van der Waals surface area contributed by atoms with Gasteiger partial charge in [-0.15, -0.1) is 0 Å². The third kappa shape index (κ3) is 6.06. The molecule has 8 heteroatoms. The van der Waals surface area contributed by atoms with Gasteiger partial charge in [0, 0.05) is 28.4 Å². The van der Waals surface area contributed by atoms with E-state index in [9.17, 15) is 0 Å². The van der Waals surface area contributed by atoms with Crippen LogP contribution >= 0.6 is 21.6 Å². The van der Waals surface area contributed by atoms with Crippen LogP contribution in [0, 0.1) is 0 Å². The van der Waals surface area contributed by atoms with E-state index in [1.165, 1.54) is 0 Å². The van der Waals surface area contributed by atoms with Crippen molar-refractivity contribution < 1.29 is 17.7 Å². The van der Waals surface area contributed by atoms with Gasteiger partial charge in [-0.1, -0.05) is 35.4 Å². The average molecular weight is 303 g/mol. The van der Waals surface area contributed by atoms with Gasteiger partial charge in [-0.05, 0) is 0 Å². The van der Waals surface area contributed by atoms with E-state index in [0.717, 1.165) is 0 Å². The van der Waals surface area contributed by atoms with Crippen LogP contribution in [0.2, 0.25) is 0 Å². The van der Waals surface area contributed by atoms with E-state index in [4.69, 9.17) is 17.7 Å². The quantitative estimate of drug-likeness (QED) is 0.471. The Morgan fingerprint density at radius 2 is 0.938 bits per heavy atom. The van der Waals surface area contributed by atoms with Gasteiger partial charge in [0.1, 0.15) is 0 Å². The van der Waals surface area contributed by atoms with Crippen molar-refractivity contribution in [2.24, 2.45) is 0 Å². The Hall–Kier alpha value is 0.974. The zero-order valence-electron chi connectivity index (χ0n) is 10.8. The molecule has 98 valence electrons. The molecule has 2 atom stereocenters. The van der Waals surface area contributed by atoms with Gasteiger partial charge in [0.15, 0.2) is 0 Å². The lowest BCUT2D eigenvalue weighted by molar-refractivity contribution is 0.276. The lowest BCUT2D eigenvalue weighted by atomic mass is 11.0. The Bertz CT molecular complexity index is 152. The summed E-state index contributed by atoms with van der Waals surface area (Å²) in [4.78, 5) is 0.816. The highest BCUT2D eigenvalue weighted by Gasteiger charge is 2.25. The number of rotatable bonds is 9. The van der Waals surface area contributed by atoms with Crippen LogP contribution < -0.4 is 0 Å². The van der Waals surface area contributed by atoms with Gasteiger partial charge in [-0.25, -0.2) is 0 Å². The molecule has 16 heavy (non-hydrogen) atoms. The third-order valence-corrected chi connectivity index (χ3v) is 11.7. The van der Waals surface area contributed by atoms with E-state index >= 15 is 0 Å². The molecule has 2 unspecified atom stereocenters. The summed E-state index contributed by atoms with van der Waals surface area (Å²) in [6.07, 6.45) is 0. The second-order valence-corrected chi connectivity index (χ2v) is 12.6. The second-order valence-electron chi connectivity index (χ2n) is 3.28. The molecule has 0 aromatic carbocycles. The Kier molecular flexibility index (Phi) is 10.6. The van der Waals surface area contributed by atoms with Crippen LogP contribution in [0.4, 0.5) is 0 Å². The van der Waals surface area contributed by atoms with Gasteiger partial charge in [0.05, 0.1) is 9.75 Å². The predicted molar refractivity (Wildman–Crippen MR) is 76.4 cm³/mol. The van der Waals surface area contributed by atoms with Crippen molar-refractivity contribution in [3.8, 4) is 0 Å². The molecule has 0 aliphatic heterocycles. The van der Waals surface area contributed by atoms with Crippen molar-refractivity contribution in [2.75, 3.05) is 28.4 Å². The fourth-order valence-electron chi connectivity index (χ4n) is 1.22. The van der Waals surface area contributed by atoms with E-state index < -0.39 is 18.6 Å². The standard InChI is InChI=1S/C8H22O4S2Si2/c1-7(15(9-3)10-4)13-14-8(2)16(11-5)12-6/h7-8,15-16H,1-6H3. The van der Waals surface area contributed by atoms with Crippen LogP contribution in [0.25, 0.3) is 0 Å². The maximum Gasteiger partial charge on any atom is 0.334 e. The Balaban J connectivity index is 3.93. The molecule has 0 saturated carbocycles. The molecule has 0 aliphatic rings. The van der Waals surface area contributed by atoms with Crippen molar-refractivity contribution in [1.29, 1.82) is 0 Å². The van der Waals surface area contributed by atoms with Gasteiger partial charge >= 0.3 is 18.6 Å². The van der Waals surface area contributed by atoms with Gasteiger partial charge in [0.25, 0.3) is 0 Å². The highest BCUT2D eigenvalue weighted by atomic mass is 33.1. The topological polar surface area (TPSA) is 36.9 Å². The van der Waals surface area contributed by atoms with E-state index in [1.54, 1.807) is 50.0 Å². The third-order valence-electron chi connectivity index (χ3n) is 2.05. The first-order chi connectivity index (χ1) is 7.60. The second kappa shape index (κ2) is 9.95. The molecule has 0 rings (SSSR count). The van der Waals surface area contributed by atoms with E-state index in [1.807, 2.05) is 0 Å². The zero-order chi connectivity index (χ0) is 12.6. The smallest absolute Gasteiger partial charge is 0.334 e. The monoisotopic (exact) mass is 302 g/mol. The van der Waals surface area contributed by atoms with Crippen molar-refractivity contribution in [1.82, 2.24) is 0 Å². The van der Waals surface area contributed by atoms with Crippen molar-refractivity contribution in [3.63, 3.8) is 0 Å². The van der Waals surface area contributed by atoms with Crippen molar-refractivity contribution in [3.05, 3.63) is 0 Å². The molecule has 4 nitrogen and oxygen atoms in total. The summed E-state index contributed by atoms with van der Waals surface area (Å²) < 4.78 is 21.4. The van der Waals surface area contributed by atoms with Crippen molar-refractivity contribution >= 4 is 40.2 Å². The maximum absolute atomic E-state index is 5.34. The molecule has 0 heterocycles. The molecule has 0 N–H and O–H groups in total. The molecule has 0 bridgehead atoms. The number of hydrogen-bond donors (Lipinski definition) is 0. The van der Waals surface area contributed by atoms with Crippen LogP contribution in [0.15, 0.2) is 0 Å². The van der Waals surface area contributed by atoms with Gasteiger partial charge in [-0.3, -0.25) is 0 Å². The van der Waals surface area contributed by atoms with Gasteiger partial charge < -0.3 is 17.7 Å². The zero-order valence-corrected chi connectivity index (χ0v) is 14.7. The molecule has 0 radical (unpaired) electrons. The van der Waals surface area contributed by atoms with Crippen LogP contribution in [0.5, 0.6) is 0 Å². The van der Waals surface area contributed by atoms with Crippen molar-refractivity contribution in [2.45, 2.75) is 23.6 Å². The van der Waals surface area contributed by atoms with Crippen LogP contribution in [0.1, 0.15) is 13.8 Å². The normalized spacial score (nSPS) is 15.8.